The molecule has 19 heavy (non-hydrogen) atoms. The fourth-order valence-electron chi connectivity index (χ4n) is 2.24. The summed E-state index contributed by atoms with van der Waals surface area (Å²) in [4.78, 5) is 13.4. The van der Waals surface area contributed by atoms with E-state index in [4.69, 9.17) is 0 Å². The van der Waals surface area contributed by atoms with E-state index in [0.29, 0.717) is 12.1 Å². The molecule has 0 bridgehead atoms. The third-order valence-corrected chi connectivity index (χ3v) is 3.27. The quantitative estimate of drug-likeness (QED) is 0.897. The lowest BCUT2D eigenvalue weighted by atomic mass is 10.1. The third kappa shape index (κ3) is 2.58. The Morgan fingerprint density at radius 1 is 1.26 bits per heavy atom. The van der Waals surface area contributed by atoms with Crippen molar-refractivity contribution in [3.05, 3.63) is 35.4 Å². The number of nitrogens with zero attached hydrogens (tertiary/aromatic N) is 1. The van der Waals surface area contributed by atoms with Gasteiger partial charge in [0.1, 0.15) is 6.17 Å². The van der Waals surface area contributed by atoms with Gasteiger partial charge in [-0.1, -0.05) is 12.1 Å². The van der Waals surface area contributed by atoms with E-state index in [1.807, 2.05) is 6.92 Å². The predicted molar refractivity (Wildman–Crippen MR) is 64.2 cm³/mol. The Kier molecular flexibility index (Phi) is 3.54. The molecule has 1 saturated heterocycles. The zero-order chi connectivity index (χ0) is 14.2. The Balaban J connectivity index is 2.25. The molecular formula is C13H15F3N2O. The van der Waals surface area contributed by atoms with Crippen LogP contribution in [0.5, 0.6) is 0 Å². The van der Waals surface area contributed by atoms with Gasteiger partial charge in [0, 0.05) is 6.54 Å². The van der Waals surface area contributed by atoms with Crippen molar-refractivity contribution >= 4 is 5.91 Å². The van der Waals surface area contributed by atoms with E-state index in [1.54, 1.807) is 11.8 Å². The second-order valence-electron chi connectivity index (χ2n) is 4.53. The van der Waals surface area contributed by atoms with Crippen LogP contribution in [0.2, 0.25) is 0 Å². The van der Waals surface area contributed by atoms with E-state index < -0.39 is 11.7 Å². The Bertz CT molecular complexity index is 470. The van der Waals surface area contributed by atoms with Crippen LogP contribution in [0.3, 0.4) is 0 Å². The minimum Gasteiger partial charge on any atom is -0.322 e. The van der Waals surface area contributed by atoms with Crippen LogP contribution in [0, 0.1) is 0 Å². The largest absolute Gasteiger partial charge is 0.416 e. The fraction of sp³-hybridized carbons (Fsp3) is 0.462. The molecule has 1 aliphatic heterocycles. The van der Waals surface area contributed by atoms with Crippen molar-refractivity contribution in [3.63, 3.8) is 0 Å². The van der Waals surface area contributed by atoms with E-state index in [1.165, 1.54) is 12.1 Å². The van der Waals surface area contributed by atoms with E-state index in [9.17, 15) is 18.0 Å². The number of rotatable bonds is 2. The first kappa shape index (κ1) is 13.9. The number of carbonyl (C=O) groups excluding carboxylic acids is 1. The average molecular weight is 272 g/mol. The second kappa shape index (κ2) is 4.85. The highest BCUT2D eigenvalue weighted by Crippen LogP contribution is 2.31. The molecule has 0 radical (unpaired) electrons. The van der Waals surface area contributed by atoms with Gasteiger partial charge in [-0.25, -0.2) is 0 Å². The highest BCUT2D eigenvalue weighted by molar-refractivity contribution is 5.84. The van der Waals surface area contributed by atoms with Crippen molar-refractivity contribution in [3.8, 4) is 0 Å². The van der Waals surface area contributed by atoms with Crippen LogP contribution in [0.25, 0.3) is 0 Å². The van der Waals surface area contributed by atoms with Crippen LogP contribution >= 0.6 is 0 Å². The minimum absolute atomic E-state index is 0.0348. The van der Waals surface area contributed by atoms with Crippen molar-refractivity contribution in [2.75, 3.05) is 6.54 Å². The maximum Gasteiger partial charge on any atom is 0.416 e. The second-order valence-corrected chi connectivity index (χ2v) is 4.53. The molecule has 3 nitrogen and oxygen atoms in total. The SMILES string of the molecule is CCN1C(=O)C(C)NC1c1ccc(C(F)(F)F)cc1. The summed E-state index contributed by atoms with van der Waals surface area (Å²) in [6, 6.07) is 4.59. The molecule has 1 amide bonds. The topological polar surface area (TPSA) is 32.3 Å². The summed E-state index contributed by atoms with van der Waals surface area (Å²) >= 11 is 0. The molecule has 2 unspecified atom stereocenters. The first-order valence-electron chi connectivity index (χ1n) is 6.08. The van der Waals surface area contributed by atoms with Gasteiger partial charge in [-0.05, 0) is 31.5 Å². The summed E-state index contributed by atoms with van der Waals surface area (Å²) in [6.07, 6.45) is -4.69. The lowest BCUT2D eigenvalue weighted by molar-refractivity contribution is -0.137. The Morgan fingerprint density at radius 3 is 2.32 bits per heavy atom. The number of carbonyl (C=O) groups is 1. The minimum atomic E-state index is -4.34. The molecule has 2 atom stereocenters. The first-order chi connectivity index (χ1) is 8.84. The molecule has 104 valence electrons. The maximum absolute atomic E-state index is 12.5. The number of hydrogen-bond donors (Lipinski definition) is 1. The van der Waals surface area contributed by atoms with E-state index in [0.717, 1.165) is 12.1 Å². The highest BCUT2D eigenvalue weighted by atomic mass is 19.4. The molecule has 0 aliphatic carbocycles. The number of amides is 1. The van der Waals surface area contributed by atoms with Crippen molar-refractivity contribution in [1.82, 2.24) is 10.2 Å². The summed E-state index contributed by atoms with van der Waals surface area (Å²) in [7, 11) is 0. The van der Waals surface area contributed by atoms with Gasteiger partial charge in [0.25, 0.3) is 0 Å². The van der Waals surface area contributed by atoms with Crippen molar-refractivity contribution in [2.24, 2.45) is 0 Å². The number of nitrogens with one attached hydrogen (secondary N) is 1. The molecule has 1 fully saturated rings. The molecule has 2 rings (SSSR count). The van der Waals surface area contributed by atoms with Gasteiger partial charge >= 0.3 is 6.18 Å². The molecule has 0 aromatic heterocycles. The van der Waals surface area contributed by atoms with Crippen molar-refractivity contribution in [2.45, 2.75) is 32.2 Å². The van der Waals surface area contributed by atoms with Gasteiger partial charge in [0.2, 0.25) is 5.91 Å². The van der Waals surface area contributed by atoms with Gasteiger partial charge in [0.15, 0.2) is 0 Å². The lowest BCUT2D eigenvalue weighted by Crippen LogP contribution is -2.30. The number of likely N-dealkylation sites (N-methyl/N-ethyl adjacent to an activating group) is 1. The van der Waals surface area contributed by atoms with Gasteiger partial charge in [-0.3, -0.25) is 10.1 Å². The summed E-state index contributed by atoms with van der Waals surface area (Å²) < 4.78 is 37.5. The van der Waals surface area contributed by atoms with Crippen LogP contribution in [-0.4, -0.2) is 23.4 Å². The third-order valence-electron chi connectivity index (χ3n) is 3.27. The summed E-state index contributed by atoms with van der Waals surface area (Å²) in [5.41, 5.74) is -0.0239. The monoisotopic (exact) mass is 272 g/mol. The molecule has 1 heterocycles. The molecule has 0 spiro atoms. The van der Waals surface area contributed by atoms with Crippen LogP contribution in [0.1, 0.15) is 31.1 Å². The predicted octanol–water partition coefficient (Wildman–Crippen LogP) is 2.54. The Hall–Kier alpha value is -1.56. The average Bonchev–Trinajstić information content (AvgIpc) is 2.64. The molecule has 1 aliphatic rings. The molecule has 1 aromatic carbocycles. The smallest absolute Gasteiger partial charge is 0.322 e. The molecule has 1 aromatic rings. The number of halogens is 3. The van der Waals surface area contributed by atoms with Gasteiger partial charge in [-0.2, -0.15) is 13.2 Å². The molecule has 1 N–H and O–H groups in total. The standard InChI is InChI=1S/C13H15F3N2O/c1-3-18-11(17-8(2)12(18)19)9-4-6-10(7-5-9)13(14,15)16/h4-8,11,17H,3H2,1-2H3. The van der Waals surface area contributed by atoms with E-state index in [2.05, 4.69) is 5.32 Å². The van der Waals surface area contributed by atoms with E-state index >= 15 is 0 Å². The van der Waals surface area contributed by atoms with Gasteiger partial charge < -0.3 is 4.90 Å². The van der Waals surface area contributed by atoms with Crippen LogP contribution in [0.4, 0.5) is 13.2 Å². The number of hydrogen-bond acceptors (Lipinski definition) is 2. The van der Waals surface area contributed by atoms with Crippen molar-refractivity contribution < 1.29 is 18.0 Å². The van der Waals surface area contributed by atoms with Crippen LogP contribution in [-0.2, 0) is 11.0 Å². The summed E-state index contributed by atoms with van der Waals surface area (Å²) in [6.45, 7) is 4.10. The molecule has 0 saturated carbocycles. The summed E-state index contributed by atoms with van der Waals surface area (Å²) in [5, 5.41) is 3.07. The van der Waals surface area contributed by atoms with E-state index in [-0.39, 0.29) is 18.1 Å². The molecular weight excluding hydrogens is 257 g/mol. The molecule has 6 heteroatoms. The van der Waals surface area contributed by atoms with Crippen molar-refractivity contribution in [1.29, 1.82) is 0 Å². The lowest BCUT2D eigenvalue weighted by Gasteiger charge is -2.23. The van der Waals surface area contributed by atoms with Crippen LogP contribution < -0.4 is 5.32 Å². The Morgan fingerprint density at radius 2 is 1.84 bits per heavy atom. The zero-order valence-electron chi connectivity index (χ0n) is 10.7. The maximum atomic E-state index is 12.5. The van der Waals surface area contributed by atoms with Gasteiger partial charge in [-0.15, -0.1) is 0 Å². The highest BCUT2D eigenvalue weighted by Gasteiger charge is 2.36. The van der Waals surface area contributed by atoms with Crippen LogP contribution in [0.15, 0.2) is 24.3 Å². The Labute approximate surface area is 109 Å². The summed E-state index contributed by atoms with van der Waals surface area (Å²) in [5.74, 6) is -0.0348. The normalized spacial score (nSPS) is 24.1. The number of benzene rings is 1. The fourth-order valence-corrected chi connectivity index (χ4v) is 2.24. The first-order valence-corrected chi connectivity index (χ1v) is 6.08. The van der Waals surface area contributed by atoms with Gasteiger partial charge in [0.05, 0.1) is 11.6 Å². The zero-order valence-corrected chi connectivity index (χ0v) is 10.7. The number of alkyl halides is 3.